The molecular weight excluding hydrogens is 563 g/mol. The quantitative estimate of drug-likeness (QED) is 0.271. The first kappa shape index (κ1) is 28.3. The number of hydrogen-bond acceptors (Lipinski definition) is 13. The number of carbonyl (C=O) groups excluding carboxylic acids is 1. The van der Waals surface area contributed by atoms with Crippen molar-refractivity contribution in [3.8, 4) is 0 Å². The maximum Gasteiger partial charge on any atom is 0.273 e. The summed E-state index contributed by atoms with van der Waals surface area (Å²) >= 11 is 14.7. The van der Waals surface area contributed by atoms with Crippen LogP contribution in [0.25, 0.3) is 5.70 Å². The van der Waals surface area contributed by atoms with Gasteiger partial charge < -0.3 is 30.8 Å². The Bertz CT molecular complexity index is 1120. The SMILES string of the molecule is COC1C(Sc2cc(Cl)cnc2C(=O)N2CCC2)OC(N)CNOC[C@H]1N(N)/C=C(\N)c1nc(Cl)cs1. The summed E-state index contributed by atoms with van der Waals surface area (Å²) in [5.74, 6) is 6.26. The lowest BCUT2D eigenvalue weighted by molar-refractivity contribution is -0.0728. The van der Waals surface area contributed by atoms with Gasteiger partial charge in [0, 0.05) is 42.9 Å². The predicted octanol–water partition coefficient (Wildman–Crippen LogP) is 1.46. The van der Waals surface area contributed by atoms with Crippen molar-refractivity contribution in [1.29, 1.82) is 0 Å². The molecule has 2 aliphatic heterocycles. The zero-order valence-corrected chi connectivity index (χ0v) is 23.0. The fraction of sp³-hybridized carbons (Fsp3) is 0.476. The van der Waals surface area contributed by atoms with Crippen LogP contribution in [0.3, 0.4) is 0 Å². The zero-order valence-electron chi connectivity index (χ0n) is 19.9. The number of carbonyl (C=O) groups is 1. The van der Waals surface area contributed by atoms with Gasteiger partial charge in [0.15, 0.2) is 0 Å². The summed E-state index contributed by atoms with van der Waals surface area (Å²) in [5, 5.41) is 4.27. The highest BCUT2D eigenvalue weighted by Gasteiger charge is 2.38. The molecular formula is C21H28Cl2N8O4S2. The number of nitrogens with one attached hydrogen (secondary N) is 1. The summed E-state index contributed by atoms with van der Waals surface area (Å²) in [4.78, 5) is 29.4. The van der Waals surface area contributed by atoms with Crippen LogP contribution in [0, 0.1) is 0 Å². The minimum Gasteiger partial charge on any atom is -0.395 e. The Labute approximate surface area is 232 Å². The molecule has 0 bridgehead atoms. The van der Waals surface area contributed by atoms with Crippen LogP contribution in [0.1, 0.15) is 21.9 Å². The first-order valence-corrected chi connectivity index (χ1v) is 13.8. The molecule has 4 rings (SSSR count). The molecule has 37 heavy (non-hydrogen) atoms. The number of hydrazine groups is 1. The minimum absolute atomic E-state index is 0.0952. The van der Waals surface area contributed by atoms with E-state index in [1.54, 1.807) is 16.3 Å². The Balaban J connectivity index is 1.64. The smallest absolute Gasteiger partial charge is 0.273 e. The molecule has 4 atom stereocenters. The molecule has 2 aliphatic rings. The van der Waals surface area contributed by atoms with Gasteiger partial charge in [-0.25, -0.2) is 15.8 Å². The number of amides is 1. The third-order valence-corrected chi connectivity index (χ3v) is 8.27. The Hall–Kier alpha value is -1.72. The van der Waals surface area contributed by atoms with E-state index in [0.717, 1.165) is 6.42 Å². The molecule has 1 amide bonds. The van der Waals surface area contributed by atoms with Gasteiger partial charge in [0.1, 0.15) is 33.6 Å². The van der Waals surface area contributed by atoms with Gasteiger partial charge in [-0.15, -0.1) is 11.3 Å². The second-order valence-corrected chi connectivity index (χ2v) is 11.1. The summed E-state index contributed by atoms with van der Waals surface area (Å²) in [7, 11) is 1.52. The van der Waals surface area contributed by atoms with Gasteiger partial charge in [-0.2, -0.15) is 5.48 Å². The number of aromatic nitrogens is 2. The topological polar surface area (TPSA) is 167 Å². The number of pyridine rings is 1. The van der Waals surface area contributed by atoms with Crippen molar-refractivity contribution in [2.24, 2.45) is 17.3 Å². The second kappa shape index (κ2) is 12.9. The number of thioether (sulfide) groups is 1. The molecule has 0 saturated carbocycles. The Morgan fingerprint density at radius 1 is 1.43 bits per heavy atom. The van der Waals surface area contributed by atoms with Gasteiger partial charge in [0.25, 0.3) is 5.91 Å². The van der Waals surface area contributed by atoms with E-state index < -0.39 is 23.8 Å². The molecule has 4 heterocycles. The summed E-state index contributed by atoms with van der Waals surface area (Å²) in [5.41, 5.74) is 15.0. The number of hydroxylamine groups is 1. The molecule has 0 radical (unpaired) electrons. The van der Waals surface area contributed by atoms with Crippen LogP contribution in [0.2, 0.25) is 10.2 Å². The Morgan fingerprint density at radius 2 is 2.22 bits per heavy atom. The highest BCUT2D eigenvalue weighted by atomic mass is 35.5. The molecule has 0 aliphatic carbocycles. The highest BCUT2D eigenvalue weighted by molar-refractivity contribution is 8.00. The summed E-state index contributed by atoms with van der Waals surface area (Å²) < 4.78 is 12.0. The van der Waals surface area contributed by atoms with Crippen molar-refractivity contribution in [2.45, 2.75) is 35.1 Å². The van der Waals surface area contributed by atoms with E-state index in [0.29, 0.717) is 38.9 Å². The van der Waals surface area contributed by atoms with Gasteiger partial charge in [-0.3, -0.25) is 9.63 Å². The number of nitrogens with two attached hydrogens (primary N) is 3. The minimum atomic E-state index is -0.750. The molecule has 12 nitrogen and oxygen atoms in total. The Morgan fingerprint density at radius 3 is 2.86 bits per heavy atom. The summed E-state index contributed by atoms with van der Waals surface area (Å²) in [6.45, 7) is 1.67. The van der Waals surface area contributed by atoms with Crippen molar-refractivity contribution in [3.63, 3.8) is 0 Å². The predicted molar refractivity (Wildman–Crippen MR) is 142 cm³/mol. The van der Waals surface area contributed by atoms with Crippen molar-refractivity contribution < 1.29 is 19.1 Å². The number of ether oxygens (including phenoxy) is 2. The van der Waals surface area contributed by atoms with Crippen molar-refractivity contribution in [1.82, 2.24) is 25.4 Å². The fourth-order valence-electron chi connectivity index (χ4n) is 3.64. The number of halogens is 2. The average Bonchev–Trinajstić information content (AvgIpc) is 3.27. The van der Waals surface area contributed by atoms with Crippen molar-refractivity contribution in [3.05, 3.63) is 44.7 Å². The van der Waals surface area contributed by atoms with Gasteiger partial charge in [0.05, 0.1) is 29.9 Å². The van der Waals surface area contributed by atoms with Crippen LogP contribution in [0.4, 0.5) is 0 Å². The molecule has 7 N–H and O–H groups in total. The van der Waals surface area contributed by atoms with Crippen LogP contribution < -0.4 is 22.8 Å². The lowest BCUT2D eigenvalue weighted by Gasteiger charge is -2.36. The molecule has 202 valence electrons. The average molecular weight is 592 g/mol. The van der Waals surface area contributed by atoms with Crippen molar-refractivity contribution >= 4 is 57.9 Å². The number of nitrogens with zero attached hydrogens (tertiary/aromatic N) is 4. The molecule has 16 heteroatoms. The summed E-state index contributed by atoms with van der Waals surface area (Å²) in [6, 6.07) is 1.07. The summed E-state index contributed by atoms with van der Waals surface area (Å²) in [6.07, 6.45) is 2.48. The highest BCUT2D eigenvalue weighted by Crippen LogP contribution is 2.35. The van der Waals surface area contributed by atoms with Gasteiger partial charge in [0.2, 0.25) is 0 Å². The molecule has 2 fully saturated rings. The van der Waals surface area contributed by atoms with Gasteiger partial charge >= 0.3 is 0 Å². The van der Waals surface area contributed by atoms with E-state index >= 15 is 0 Å². The molecule has 2 aromatic rings. The van der Waals surface area contributed by atoms with Crippen LogP contribution in [-0.2, 0) is 14.3 Å². The first-order valence-electron chi connectivity index (χ1n) is 11.3. The van der Waals surface area contributed by atoms with E-state index in [1.165, 1.54) is 47.6 Å². The Kier molecular flexibility index (Phi) is 9.85. The number of rotatable bonds is 7. The standard InChI is InChI=1S/C21H28Cl2N8O4S2/c1-33-18-13(31(26)8-12(24)19-29-15(23)10-36-19)9-34-28-7-16(25)35-21(18)37-14-5-11(22)6-27-17(14)20(32)30-3-2-4-30/h5-6,8,10,13,16,18,21,28H,2-4,7,9,24-26H2,1H3/b12-8-/t13-,16?,18?,21?/m1/s1. The van der Waals surface area contributed by atoms with Crippen molar-refractivity contribution in [2.75, 3.05) is 33.4 Å². The van der Waals surface area contributed by atoms with Crippen LogP contribution in [-0.4, -0.2) is 82.9 Å². The number of hydrogen-bond donors (Lipinski definition) is 4. The van der Waals surface area contributed by atoms with E-state index in [2.05, 4.69) is 15.4 Å². The number of likely N-dealkylation sites (tertiary alicyclic amines) is 1. The second-order valence-electron chi connectivity index (χ2n) is 8.24. The van der Waals surface area contributed by atoms with E-state index in [9.17, 15) is 4.79 Å². The molecule has 3 unspecified atom stereocenters. The maximum absolute atomic E-state index is 13.0. The number of thiazole rings is 1. The van der Waals surface area contributed by atoms with E-state index in [1.807, 2.05) is 0 Å². The van der Waals surface area contributed by atoms with E-state index in [4.69, 9.17) is 54.8 Å². The van der Waals surface area contributed by atoms with Crippen LogP contribution >= 0.6 is 46.3 Å². The first-order chi connectivity index (χ1) is 17.8. The van der Waals surface area contributed by atoms with Crippen LogP contribution in [0.5, 0.6) is 0 Å². The number of methoxy groups -OCH3 is 1. The van der Waals surface area contributed by atoms with Crippen LogP contribution in [0.15, 0.2) is 28.7 Å². The molecule has 2 saturated heterocycles. The largest absolute Gasteiger partial charge is 0.395 e. The zero-order chi connectivity index (χ0) is 26.5. The molecule has 0 spiro atoms. The van der Waals surface area contributed by atoms with Gasteiger partial charge in [-0.05, 0) is 12.5 Å². The fourth-order valence-corrected chi connectivity index (χ4v) is 6.06. The monoisotopic (exact) mass is 590 g/mol. The third kappa shape index (κ3) is 7.03. The third-order valence-electron chi connectivity index (χ3n) is 5.67. The normalized spacial score (nSPS) is 25.1. The molecule has 0 aromatic carbocycles. The van der Waals surface area contributed by atoms with E-state index in [-0.39, 0.29) is 24.8 Å². The lowest BCUT2D eigenvalue weighted by Crippen LogP contribution is -2.53. The lowest BCUT2D eigenvalue weighted by atomic mass is 10.1. The maximum atomic E-state index is 13.0. The molecule has 2 aromatic heterocycles. The van der Waals surface area contributed by atoms with Gasteiger partial charge in [-0.1, -0.05) is 35.0 Å².